The molecule has 6 nitrogen and oxygen atoms in total. The Morgan fingerprint density at radius 2 is 1.75 bits per heavy atom. The molecule has 0 aliphatic carbocycles. The van der Waals surface area contributed by atoms with Crippen molar-refractivity contribution in [2.45, 2.75) is 66.1 Å². The van der Waals surface area contributed by atoms with E-state index in [1.807, 2.05) is 18.7 Å². The molecule has 1 amide bonds. The molecule has 7 heteroatoms. The zero-order chi connectivity index (χ0) is 22.2. The Balaban J connectivity index is 0.00000363. The second-order valence-electron chi connectivity index (χ2n) is 9.54. The van der Waals surface area contributed by atoms with Crippen LogP contribution in [0.1, 0.15) is 58.1 Å². The summed E-state index contributed by atoms with van der Waals surface area (Å²) < 4.78 is 0. The molecule has 2 fully saturated rings. The van der Waals surface area contributed by atoms with Crippen LogP contribution in [0.4, 0.5) is 0 Å². The first-order valence-electron chi connectivity index (χ1n) is 12.1. The van der Waals surface area contributed by atoms with E-state index in [1.54, 1.807) is 0 Å². The van der Waals surface area contributed by atoms with Gasteiger partial charge in [0.25, 0.3) is 0 Å². The van der Waals surface area contributed by atoms with E-state index in [1.165, 1.54) is 37.1 Å². The molecule has 2 heterocycles. The molecule has 0 radical (unpaired) electrons. The van der Waals surface area contributed by atoms with Gasteiger partial charge in [-0.25, -0.2) is 4.99 Å². The maximum atomic E-state index is 12.2. The Morgan fingerprint density at radius 1 is 1.09 bits per heavy atom. The Kier molecular flexibility index (Phi) is 11.2. The molecule has 1 atom stereocenters. The quantitative estimate of drug-likeness (QED) is 0.305. The fourth-order valence-corrected chi connectivity index (χ4v) is 4.36. The highest BCUT2D eigenvalue weighted by Crippen LogP contribution is 2.18. The first-order valence-corrected chi connectivity index (χ1v) is 12.1. The van der Waals surface area contributed by atoms with E-state index in [0.717, 1.165) is 44.5 Å². The summed E-state index contributed by atoms with van der Waals surface area (Å²) in [7, 11) is 0. The number of halogens is 1. The SMILES string of the molecule is CCNC(=NCc1ccc(CN2CCC(C)CC2)cc1)NC1CCN(C(=O)C(C)C)C1.I. The van der Waals surface area contributed by atoms with Gasteiger partial charge in [-0.15, -0.1) is 24.0 Å². The smallest absolute Gasteiger partial charge is 0.225 e. The summed E-state index contributed by atoms with van der Waals surface area (Å²) in [5.41, 5.74) is 2.60. The van der Waals surface area contributed by atoms with Gasteiger partial charge in [-0.1, -0.05) is 45.0 Å². The highest BCUT2D eigenvalue weighted by molar-refractivity contribution is 14.0. The van der Waals surface area contributed by atoms with Crippen molar-refractivity contribution in [2.24, 2.45) is 16.8 Å². The van der Waals surface area contributed by atoms with Gasteiger partial charge in [0.15, 0.2) is 5.96 Å². The predicted molar refractivity (Wildman–Crippen MR) is 143 cm³/mol. The molecular weight excluding hydrogens is 513 g/mol. The number of benzene rings is 1. The highest BCUT2D eigenvalue weighted by atomic mass is 127. The monoisotopic (exact) mass is 555 g/mol. The molecule has 1 unspecified atom stereocenters. The Hall–Kier alpha value is -1.35. The molecule has 0 saturated carbocycles. The van der Waals surface area contributed by atoms with E-state index >= 15 is 0 Å². The van der Waals surface area contributed by atoms with Crippen LogP contribution < -0.4 is 10.6 Å². The highest BCUT2D eigenvalue weighted by Gasteiger charge is 2.27. The number of nitrogens with one attached hydrogen (secondary N) is 2. The number of piperidine rings is 1. The molecule has 0 spiro atoms. The summed E-state index contributed by atoms with van der Waals surface area (Å²) in [6, 6.07) is 9.15. The minimum Gasteiger partial charge on any atom is -0.357 e. The third-order valence-corrected chi connectivity index (χ3v) is 6.40. The van der Waals surface area contributed by atoms with Crippen LogP contribution in [-0.4, -0.2) is 60.4 Å². The zero-order valence-electron chi connectivity index (χ0n) is 20.3. The summed E-state index contributed by atoms with van der Waals surface area (Å²) in [6.07, 6.45) is 3.60. The summed E-state index contributed by atoms with van der Waals surface area (Å²) in [5, 5.41) is 6.86. The first kappa shape index (κ1) is 26.9. The second kappa shape index (κ2) is 13.4. The van der Waals surface area contributed by atoms with Crippen molar-refractivity contribution in [3.05, 3.63) is 35.4 Å². The molecule has 2 saturated heterocycles. The Morgan fingerprint density at radius 3 is 2.38 bits per heavy atom. The molecule has 180 valence electrons. The van der Waals surface area contributed by atoms with Crippen LogP contribution in [-0.2, 0) is 17.9 Å². The fraction of sp³-hybridized carbons (Fsp3) is 0.680. The lowest BCUT2D eigenvalue weighted by Crippen LogP contribution is -2.45. The molecule has 2 aliphatic rings. The van der Waals surface area contributed by atoms with Gasteiger partial charge in [0.1, 0.15) is 0 Å². The molecule has 0 aromatic heterocycles. The summed E-state index contributed by atoms with van der Waals surface area (Å²) in [4.78, 5) is 21.5. The number of carbonyl (C=O) groups excluding carboxylic acids is 1. The average Bonchev–Trinajstić information content (AvgIpc) is 3.22. The third-order valence-electron chi connectivity index (χ3n) is 6.40. The maximum absolute atomic E-state index is 12.2. The topological polar surface area (TPSA) is 60.0 Å². The number of aliphatic imine (C=N–C) groups is 1. The molecule has 2 aliphatic heterocycles. The molecule has 3 rings (SSSR count). The van der Waals surface area contributed by atoms with Crippen molar-refractivity contribution >= 4 is 35.8 Å². The van der Waals surface area contributed by atoms with Gasteiger partial charge in [-0.2, -0.15) is 0 Å². The molecule has 2 N–H and O–H groups in total. The van der Waals surface area contributed by atoms with Crippen LogP contribution in [0.25, 0.3) is 0 Å². The molecule has 1 aromatic rings. The van der Waals surface area contributed by atoms with Gasteiger partial charge in [0.05, 0.1) is 6.54 Å². The summed E-state index contributed by atoms with van der Waals surface area (Å²) in [6.45, 7) is 14.9. The normalized spacial score (nSPS) is 20.3. The van der Waals surface area contributed by atoms with E-state index in [0.29, 0.717) is 6.54 Å². The van der Waals surface area contributed by atoms with Crippen LogP contribution in [0, 0.1) is 11.8 Å². The molecule has 32 heavy (non-hydrogen) atoms. The van der Waals surface area contributed by atoms with Crippen molar-refractivity contribution in [2.75, 3.05) is 32.7 Å². The van der Waals surface area contributed by atoms with Crippen LogP contribution in [0.3, 0.4) is 0 Å². The van der Waals surface area contributed by atoms with E-state index in [-0.39, 0.29) is 41.8 Å². The van der Waals surface area contributed by atoms with Gasteiger partial charge in [-0.3, -0.25) is 9.69 Å². The van der Waals surface area contributed by atoms with Gasteiger partial charge < -0.3 is 15.5 Å². The van der Waals surface area contributed by atoms with E-state index in [9.17, 15) is 4.79 Å². The summed E-state index contributed by atoms with van der Waals surface area (Å²) in [5.74, 6) is 2.00. The average molecular weight is 556 g/mol. The van der Waals surface area contributed by atoms with Crippen molar-refractivity contribution < 1.29 is 4.79 Å². The van der Waals surface area contributed by atoms with Crippen LogP contribution in [0.5, 0.6) is 0 Å². The lowest BCUT2D eigenvalue weighted by molar-refractivity contribution is -0.133. The first-order chi connectivity index (χ1) is 14.9. The molecule has 1 aromatic carbocycles. The number of hydrogen-bond donors (Lipinski definition) is 2. The Bertz CT molecular complexity index is 728. The second-order valence-corrected chi connectivity index (χ2v) is 9.54. The number of hydrogen-bond acceptors (Lipinski definition) is 3. The number of guanidine groups is 1. The van der Waals surface area contributed by atoms with Gasteiger partial charge in [0, 0.05) is 38.1 Å². The lowest BCUT2D eigenvalue weighted by atomic mass is 9.99. The fourth-order valence-electron chi connectivity index (χ4n) is 4.36. The number of rotatable bonds is 7. The third kappa shape index (κ3) is 8.21. The van der Waals surface area contributed by atoms with Crippen LogP contribution in [0.2, 0.25) is 0 Å². The minimum atomic E-state index is 0. The zero-order valence-corrected chi connectivity index (χ0v) is 22.6. The number of likely N-dealkylation sites (tertiary alicyclic amines) is 2. The molecule has 0 bridgehead atoms. The van der Waals surface area contributed by atoms with Crippen LogP contribution in [0.15, 0.2) is 29.3 Å². The number of carbonyl (C=O) groups is 1. The Labute approximate surface area is 211 Å². The summed E-state index contributed by atoms with van der Waals surface area (Å²) >= 11 is 0. The van der Waals surface area contributed by atoms with Crippen LogP contribution >= 0.6 is 24.0 Å². The standard InChI is InChI=1S/C25H41N5O.HI/c1-5-26-25(28-23-12-15-30(18-23)24(31)19(2)3)27-16-21-6-8-22(9-7-21)17-29-13-10-20(4)11-14-29;/h6-9,19-20,23H,5,10-18H2,1-4H3,(H2,26,27,28);1H. The number of amides is 1. The van der Waals surface area contributed by atoms with Gasteiger partial charge >= 0.3 is 0 Å². The van der Waals surface area contributed by atoms with Gasteiger partial charge in [-0.05, 0) is 56.3 Å². The largest absolute Gasteiger partial charge is 0.357 e. The van der Waals surface area contributed by atoms with Crippen molar-refractivity contribution in [3.63, 3.8) is 0 Å². The van der Waals surface area contributed by atoms with E-state index in [2.05, 4.69) is 53.6 Å². The maximum Gasteiger partial charge on any atom is 0.225 e. The van der Waals surface area contributed by atoms with Crippen molar-refractivity contribution in [1.29, 1.82) is 0 Å². The van der Waals surface area contributed by atoms with Crippen molar-refractivity contribution in [1.82, 2.24) is 20.4 Å². The minimum absolute atomic E-state index is 0. The van der Waals surface area contributed by atoms with Crippen molar-refractivity contribution in [3.8, 4) is 0 Å². The van der Waals surface area contributed by atoms with E-state index in [4.69, 9.17) is 4.99 Å². The van der Waals surface area contributed by atoms with Gasteiger partial charge in [0.2, 0.25) is 5.91 Å². The molecular formula is C25H42IN5O. The predicted octanol–water partition coefficient (Wildman–Crippen LogP) is 3.85. The lowest BCUT2D eigenvalue weighted by Gasteiger charge is -2.30. The number of nitrogens with zero attached hydrogens (tertiary/aromatic N) is 3. The van der Waals surface area contributed by atoms with E-state index < -0.39 is 0 Å².